The molecule has 0 aliphatic heterocycles. The van der Waals surface area contributed by atoms with Crippen molar-refractivity contribution >= 4 is 7.82 Å². The van der Waals surface area contributed by atoms with E-state index in [2.05, 4.69) is 9.05 Å². The van der Waals surface area contributed by atoms with Crippen LogP contribution in [0.1, 0.15) is 1.37 Å². The van der Waals surface area contributed by atoms with Crippen molar-refractivity contribution in [2.75, 3.05) is 14.2 Å². The normalized spacial score (nSPS) is 20.6. The van der Waals surface area contributed by atoms with E-state index in [9.17, 15) is 4.57 Å². The SMILES string of the molecule is [2H]COP(=O)(O)OC. The van der Waals surface area contributed by atoms with Crippen LogP contribution in [0.5, 0.6) is 0 Å². The molecule has 0 spiro atoms. The summed E-state index contributed by atoms with van der Waals surface area (Å²) in [5.74, 6) is 0. The molecule has 7 heavy (non-hydrogen) atoms. The number of phosphoric acid groups is 1. The molecular formula is C2H7O4P. The van der Waals surface area contributed by atoms with E-state index in [1.54, 1.807) is 0 Å². The quantitative estimate of drug-likeness (QED) is 0.545. The van der Waals surface area contributed by atoms with Crippen LogP contribution in [-0.2, 0) is 13.6 Å². The third kappa shape index (κ3) is 2.76. The molecule has 0 heterocycles. The van der Waals surface area contributed by atoms with Crippen LogP contribution < -0.4 is 0 Å². The van der Waals surface area contributed by atoms with Crippen molar-refractivity contribution in [1.29, 1.82) is 0 Å². The summed E-state index contributed by atoms with van der Waals surface area (Å²) in [4.78, 5) is 8.31. The van der Waals surface area contributed by atoms with Crippen LogP contribution in [0.4, 0.5) is 0 Å². The molecule has 1 N–H and O–H groups in total. The lowest BCUT2D eigenvalue weighted by Gasteiger charge is -2.01. The molecule has 0 saturated carbocycles. The van der Waals surface area contributed by atoms with Gasteiger partial charge in [-0.3, -0.25) is 9.05 Å². The molecule has 0 amide bonds. The fraction of sp³-hybridized carbons (Fsp3) is 1.00. The van der Waals surface area contributed by atoms with Gasteiger partial charge in [-0.2, -0.15) is 0 Å². The first-order valence-electron chi connectivity index (χ1n) is 2.15. The van der Waals surface area contributed by atoms with Gasteiger partial charge in [0, 0.05) is 14.2 Å². The molecule has 0 aromatic rings. The fourth-order valence-corrected chi connectivity index (χ4v) is 0.158. The van der Waals surface area contributed by atoms with Gasteiger partial charge in [0.15, 0.2) is 0 Å². The Hall–Kier alpha value is 0.110. The summed E-state index contributed by atoms with van der Waals surface area (Å²) < 4.78 is 24.4. The van der Waals surface area contributed by atoms with Gasteiger partial charge < -0.3 is 4.89 Å². The molecule has 0 saturated heterocycles. The number of rotatable bonds is 2. The third-order valence-electron chi connectivity index (χ3n) is 0.394. The highest BCUT2D eigenvalue weighted by Gasteiger charge is 2.13. The second-order valence-electron chi connectivity index (χ2n) is 0.780. The molecule has 0 aliphatic carbocycles. The highest BCUT2D eigenvalue weighted by Crippen LogP contribution is 2.40. The maximum atomic E-state index is 10.2. The van der Waals surface area contributed by atoms with E-state index >= 15 is 0 Å². The second-order valence-corrected chi connectivity index (χ2v) is 2.34. The predicted molar refractivity (Wildman–Crippen MR) is 23.8 cm³/mol. The van der Waals surface area contributed by atoms with Crippen molar-refractivity contribution in [3.8, 4) is 0 Å². The Morgan fingerprint density at radius 3 is 2.57 bits per heavy atom. The zero-order valence-electron chi connectivity index (χ0n) is 4.83. The number of hydrogen-bond acceptors (Lipinski definition) is 3. The van der Waals surface area contributed by atoms with Crippen molar-refractivity contribution in [2.24, 2.45) is 0 Å². The van der Waals surface area contributed by atoms with Crippen molar-refractivity contribution in [3.05, 3.63) is 0 Å². The molecule has 0 fully saturated rings. The van der Waals surface area contributed by atoms with E-state index in [-0.39, 0.29) is 0 Å². The summed E-state index contributed by atoms with van der Waals surface area (Å²) in [5.41, 5.74) is 0. The monoisotopic (exact) mass is 127 g/mol. The minimum atomic E-state index is -3.86. The van der Waals surface area contributed by atoms with Gasteiger partial charge >= 0.3 is 7.82 Å². The molecule has 1 unspecified atom stereocenters. The van der Waals surface area contributed by atoms with E-state index in [1.165, 1.54) is 0 Å². The summed E-state index contributed by atoms with van der Waals surface area (Å²) in [5, 5.41) is 0. The highest BCUT2D eigenvalue weighted by atomic mass is 31.2. The molecule has 0 aliphatic rings. The van der Waals surface area contributed by atoms with Crippen LogP contribution in [0.2, 0.25) is 0 Å². The predicted octanol–water partition coefficient (Wildman–Crippen LogP) is 0.380. The first-order chi connectivity index (χ1) is 3.62. The molecular weight excluding hydrogens is 119 g/mol. The standard InChI is InChI=1S/C2H7O4P/c1-5-7(3,4)6-2/h1-2H3,(H,3,4)/i1D. The van der Waals surface area contributed by atoms with Crippen molar-refractivity contribution in [1.82, 2.24) is 0 Å². The average Bonchev–Trinajstić information content (AvgIpc) is 1.67. The Morgan fingerprint density at radius 2 is 2.43 bits per heavy atom. The van der Waals surface area contributed by atoms with E-state index in [0.717, 1.165) is 7.11 Å². The fourth-order valence-electron chi connectivity index (χ4n) is 0.0527. The smallest absolute Gasteiger partial charge is 0.303 e. The van der Waals surface area contributed by atoms with E-state index in [0.29, 0.717) is 0 Å². The summed E-state index contributed by atoms with van der Waals surface area (Å²) in [6.07, 6.45) is 0. The first kappa shape index (κ1) is 5.25. The summed E-state index contributed by atoms with van der Waals surface area (Å²) in [6.45, 7) is 0. The zero-order valence-corrected chi connectivity index (χ0v) is 4.72. The van der Waals surface area contributed by atoms with Crippen LogP contribution in [-0.4, -0.2) is 19.1 Å². The summed E-state index contributed by atoms with van der Waals surface area (Å²) >= 11 is 0. The van der Waals surface area contributed by atoms with E-state index in [1.807, 2.05) is 0 Å². The lowest BCUT2D eigenvalue weighted by atomic mass is 11.8. The molecule has 44 valence electrons. The van der Waals surface area contributed by atoms with Gasteiger partial charge in [0.25, 0.3) is 0 Å². The van der Waals surface area contributed by atoms with Crippen molar-refractivity contribution in [2.45, 2.75) is 0 Å². The Kier molecular flexibility index (Phi) is 1.82. The molecule has 1 atom stereocenters. The van der Waals surface area contributed by atoms with Gasteiger partial charge in [0.05, 0.1) is 1.37 Å². The molecule has 0 rings (SSSR count). The Balaban J connectivity index is 3.55. The van der Waals surface area contributed by atoms with Crippen LogP contribution in [0, 0.1) is 0 Å². The van der Waals surface area contributed by atoms with Gasteiger partial charge in [0.1, 0.15) is 0 Å². The second kappa shape index (κ2) is 2.43. The summed E-state index contributed by atoms with van der Waals surface area (Å²) in [7, 11) is -3.39. The van der Waals surface area contributed by atoms with Gasteiger partial charge in [-0.25, -0.2) is 4.57 Å². The Labute approximate surface area is 43.1 Å². The maximum Gasteiger partial charge on any atom is 0.471 e. The molecule has 0 bridgehead atoms. The number of phosphoric ester groups is 1. The lowest BCUT2D eigenvalue weighted by molar-refractivity contribution is 0.204. The summed E-state index contributed by atoms with van der Waals surface area (Å²) in [6, 6.07) is 0. The van der Waals surface area contributed by atoms with Crippen LogP contribution in [0.25, 0.3) is 0 Å². The van der Waals surface area contributed by atoms with Gasteiger partial charge in [-0.15, -0.1) is 0 Å². The molecule has 0 aromatic heterocycles. The zero-order chi connectivity index (χ0) is 6.62. The van der Waals surface area contributed by atoms with E-state index < -0.39 is 14.9 Å². The minimum Gasteiger partial charge on any atom is -0.303 e. The average molecular weight is 127 g/mol. The van der Waals surface area contributed by atoms with Crippen LogP contribution in [0.3, 0.4) is 0 Å². The van der Waals surface area contributed by atoms with Gasteiger partial charge in [-0.05, 0) is 0 Å². The molecule has 5 heteroatoms. The minimum absolute atomic E-state index is 0.568. The number of hydrogen-bond donors (Lipinski definition) is 1. The maximum absolute atomic E-state index is 10.2. The third-order valence-corrected chi connectivity index (χ3v) is 1.18. The van der Waals surface area contributed by atoms with E-state index in [4.69, 9.17) is 6.26 Å². The Bertz CT molecular complexity index is 104. The molecule has 4 nitrogen and oxygen atoms in total. The largest absolute Gasteiger partial charge is 0.471 e. The van der Waals surface area contributed by atoms with Gasteiger partial charge in [0.2, 0.25) is 0 Å². The van der Waals surface area contributed by atoms with Crippen LogP contribution in [0.15, 0.2) is 0 Å². The topological polar surface area (TPSA) is 55.8 Å². The van der Waals surface area contributed by atoms with Crippen molar-refractivity contribution in [3.63, 3.8) is 0 Å². The Morgan fingerprint density at radius 1 is 1.86 bits per heavy atom. The molecule has 0 aromatic carbocycles. The first-order valence-corrected chi connectivity index (χ1v) is 2.94. The van der Waals surface area contributed by atoms with Gasteiger partial charge in [-0.1, -0.05) is 0 Å². The lowest BCUT2D eigenvalue weighted by Crippen LogP contribution is -1.83. The van der Waals surface area contributed by atoms with Crippen molar-refractivity contribution < 1.29 is 19.9 Å². The highest BCUT2D eigenvalue weighted by molar-refractivity contribution is 7.47. The molecule has 0 radical (unpaired) electrons. The van der Waals surface area contributed by atoms with Crippen LogP contribution >= 0.6 is 7.82 Å².